The lowest BCUT2D eigenvalue weighted by molar-refractivity contribution is -0.143. The van der Waals surface area contributed by atoms with Crippen LogP contribution in [0, 0.1) is 0 Å². The van der Waals surface area contributed by atoms with Gasteiger partial charge < -0.3 is 20.3 Å². The lowest BCUT2D eigenvalue weighted by atomic mass is 10.0. The van der Waals surface area contributed by atoms with Crippen molar-refractivity contribution in [3.8, 4) is 0 Å². The van der Waals surface area contributed by atoms with E-state index in [2.05, 4.69) is 67.8 Å². The van der Waals surface area contributed by atoms with E-state index in [1.165, 1.54) is 244 Å². The fourth-order valence-corrected chi connectivity index (χ4v) is 10.1. The number of carbonyl (C=O) groups excluding carboxylic acids is 2. The number of esters is 1. The van der Waals surface area contributed by atoms with Crippen LogP contribution in [-0.2, 0) is 14.3 Å². The SMILES string of the molecule is CCCCCC/C=C\C/C=C\CCCCCCCC(=O)OCCCCCCCCCCC/C=C\C/C=C\CCCCCCCCCC(=O)NC(CO)C(O)CCCCCCCCCCCCCCCCCCCC. The van der Waals surface area contributed by atoms with Crippen molar-refractivity contribution in [1.82, 2.24) is 5.32 Å². The molecule has 0 aromatic heterocycles. The first kappa shape index (κ1) is 71.8. The van der Waals surface area contributed by atoms with Gasteiger partial charge in [0.2, 0.25) is 5.91 Å². The minimum Gasteiger partial charge on any atom is -0.466 e. The Kier molecular flexibility index (Phi) is 61.5. The molecule has 74 heavy (non-hydrogen) atoms. The van der Waals surface area contributed by atoms with Gasteiger partial charge in [0.25, 0.3) is 0 Å². The molecule has 3 N–H and O–H groups in total. The molecule has 0 radical (unpaired) electrons. The highest BCUT2D eigenvalue weighted by molar-refractivity contribution is 5.76. The third kappa shape index (κ3) is 59.1. The zero-order chi connectivity index (χ0) is 53.6. The Balaban J connectivity index is 3.46. The van der Waals surface area contributed by atoms with Gasteiger partial charge in [0.1, 0.15) is 0 Å². The van der Waals surface area contributed by atoms with Gasteiger partial charge in [0, 0.05) is 12.8 Å². The Hall–Kier alpha value is -2.18. The van der Waals surface area contributed by atoms with Crippen LogP contribution in [-0.4, -0.2) is 47.4 Å². The van der Waals surface area contributed by atoms with Crippen LogP contribution >= 0.6 is 0 Å². The molecule has 0 spiro atoms. The minimum absolute atomic E-state index is 0.00637. The van der Waals surface area contributed by atoms with Crippen LogP contribution in [0.15, 0.2) is 48.6 Å². The van der Waals surface area contributed by atoms with E-state index in [-0.39, 0.29) is 18.5 Å². The van der Waals surface area contributed by atoms with Gasteiger partial charge >= 0.3 is 5.97 Å². The lowest BCUT2D eigenvalue weighted by Crippen LogP contribution is -2.45. The molecule has 0 bridgehead atoms. The molecule has 6 heteroatoms. The second-order valence-electron chi connectivity index (χ2n) is 22.4. The molecule has 0 fully saturated rings. The van der Waals surface area contributed by atoms with Crippen LogP contribution in [0.3, 0.4) is 0 Å². The molecule has 0 heterocycles. The Morgan fingerprint density at radius 1 is 0.378 bits per heavy atom. The van der Waals surface area contributed by atoms with Crippen molar-refractivity contribution in [2.75, 3.05) is 13.2 Å². The Labute approximate surface area is 461 Å². The van der Waals surface area contributed by atoms with Crippen molar-refractivity contribution in [3.05, 3.63) is 48.6 Å². The quantitative estimate of drug-likeness (QED) is 0.0320. The standard InChI is InChI=1S/C68H127NO5/c1-3-5-7-9-11-13-15-17-19-21-29-32-36-40-44-48-52-56-60-66(71)65(64-70)69-67(72)61-57-53-49-45-41-37-33-30-27-25-23-22-24-26-28-31-35-39-43-47-51-55-59-63-74-68(73)62-58-54-50-46-42-38-34-20-18-16-14-12-10-8-6-4-2/h14,16,20,22,24-25,27,34,65-66,70-71H,3-13,15,17-19,21,23,26,28-33,35-64H2,1-2H3,(H,69,72)/b16-14-,24-22-,27-25-,34-20-. The maximum atomic E-state index is 12.5. The lowest BCUT2D eigenvalue weighted by Gasteiger charge is -2.22. The van der Waals surface area contributed by atoms with Gasteiger partial charge in [-0.05, 0) is 89.9 Å². The van der Waals surface area contributed by atoms with Crippen molar-refractivity contribution < 1.29 is 24.5 Å². The number of allylic oxidation sites excluding steroid dienone is 8. The van der Waals surface area contributed by atoms with Crippen LogP contribution in [0.5, 0.6) is 0 Å². The highest BCUT2D eigenvalue weighted by atomic mass is 16.5. The Morgan fingerprint density at radius 2 is 0.676 bits per heavy atom. The summed E-state index contributed by atoms with van der Waals surface area (Å²) >= 11 is 0. The third-order valence-electron chi connectivity index (χ3n) is 15.1. The summed E-state index contributed by atoms with van der Waals surface area (Å²) in [6.45, 7) is 4.94. The fraction of sp³-hybridized carbons (Fsp3) is 0.853. The number of unbranched alkanes of at least 4 members (excludes halogenated alkanes) is 42. The third-order valence-corrected chi connectivity index (χ3v) is 15.1. The first-order valence-corrected chi connectivity index (χ1v) is 32.9. The summed E-state index contributed by atoms with van der Waals surface area (Å²) in [6.07, 6.45) is 81.3. The largest absolute Gasteiger partial charge is 0.466 e. The summed E-state index contributed by atoms with van der Waals surface area (Å²) in [5, 5.41) is 23.3. The Morgan fingerprint density at radius 3 is 1.04 bits per heavy atom. The van der Waals surface area contributed by atoms with Crippen molar-refractivity contribution in [3.63, 3.8) is 0 Å². The first-order chi connectivity index (χ1) is 36.5. The molecule has 6 nitrogen and oxygen atoms in total. The number of rotatable bonds is 61. The van der Waals surface area contributed by atoms with Crippen molar-refractivity contribution in [1.29, 1.82) is 0 Å². The fourth-order valence-electron chi connectivity index (χ4n) is 10.1. The van der Waals surface area contributed by atoms with Gasteiger partial charge in [-0.1, -0.05) is 294 Å². The van der Waals surface area contributed by atoms with Crippen LogP contribution < -0.4 is 5.32 Å². The second kappa shape index (κ2) is 63.4. The Bertz CT molecular complexity index is 1240. The predicted octanol–water partition coefficient (Wildman–Crippen LogP) is 20.9. The molecule has 0 saturated heterocycles. The zero-order valence-corrected chi connectivity index (χ0v) is 49.6. The van der Waals surface area contributed by atoms with E-state index in [9.17, 15) is 19.8 Å². The zero-order valence-electron chi connectivity index (χ0n) is 49.6. The van der Waals surface area contributed by atoms with Gasteiger partial charge in [0.05, 0.1) is 25.4 Å². The number of nitrogens with one attached hydrogen (secondary N) is 1. The topological polar surface area (TPSA) is 95.9 Å². The van der Waals surface area contributed by atoms with Gasteiger partial charge in [-0.3, -0.25) is 9.59 Å². The molecule has 0 aromatic rings. The average Bonchev–Trinajstić information content (AvgIpc) is 3.40. The number of hydrogen-bond donors (Lipinski definition) is 3. The summed E-state index contributed by atoms with van der Waals surface area (Å²) in [4.78, 5) is 24.6. The van der Waals surface area contributed by atoms with Gasteiger partial charge in [-0.15, -0.1) is 0 Å². The van der Waals surface area contributed by atoms with E-state index in [0.717, 1.165) is 70.6 Å². The highest BCUT2D eigenvalue weighted by Crippen LogP contribution is 2.17. The molecular weight excluding hydrogens is 911 g/mol. The molecule has 0 aromatic carbocycles. The number of aliphatic hydroxyl groups is 2. The normalized spacial score (nSPS) is 12.9. The minimum atomic E-state index is -0.672. The van der Waals surface area contributed by atoms with E-state index < -0.39 is 12.1 Å². The van der Waals surface area contributed by atoms with Crippen LogP contribution in [0.4, 0.5) is 0 Å². The molecule has 2 atom stereocenters. The first-order valence-electron chi connectivity index (χ1n) is 32.9. The summed E-state index contributed by atoms with van der Waals surface area (Å²) in [6, 6.07) is -0.551. The molecule has 0 aliphatic carbocycles. The van der Waals surface area contributed by atoms with Crippen molar-refractivity contribution >= 4 is 11.9 Å². The summed E-state index contributed by atoms with van der Waals surface area (Å²) in [7, 11) is 0. The maximum Gasteiger partial charge on any atom is 0.305 e. The average molecular weight is 1040 g/mol. The summed E-state index contributed by atoms with van der Waals surface area (Å²) in [5.41, 5.74) is 0. The molecule has 0 rings (SSSR count). The molecule has 0 saturated carbocycles. The summed E-state index contributed by atoms with van der Waals surface area (Å²) < 4.78 is 5.48. The monoisotopic (exact) mass is 1040 g/mol. The molecule has 0 aliphatic heterocycles. The number of amides is 1. The van der Waals surface area contributed by atoms with Crippen LogP contribution in [0.1, 0.15) is 348 Å². The smallest absolute Gasteiger partial charge is 0.305 e. The van der Waals surface area contributed by atoms with E-state index in [1.54, 1.807) is 0 Å². The highest BCUT2D eigenvalue weighted by Gasteiger charge is 2.20. The van der Waals surface area contributed by atoms with Gasteiger partial charge in [0.15, 0.2) is 0 Å². The number of carbonyl (C=O) groups is 2. The molecular formula is C68H127NO5. The number of hydrogen-bond acceptors (Lipinski definition) is 5. The molecule has 0 aliphatic rings. The van der Waals surface area contributed by atoms with Gasteiger partial charge in [-0.25, -0.2) is 0 Å². The number of ether oxygens (including phenoxy) is 1. The predicted molar refractivity (Wildman–Crippen MR) is 324 cm³/mol. The van der Waals surface area contributed by atoms with E-state index >= 15 is 0 Å². The molecule has 1 amide bonds. The van der Waals surface area contributed by atoms with E-state index in [4.69, 9.17) is 4.74 Å². The molecule has 2 unspecified atom stereocenters. The van der Waals surface area contributed by atoms with Crippen LogP contribution in [0.2, 0.25) is 0 Å². The van der Waals surface area contributed by atoms with Crippen molar-refractivity contribution in [2.24, 2.45) is 0 Å². The number of aliphatic hydroxyl groups excluding tert-OH is 2. The van der Waals surface area contributed by atoms with Crippen LogP contribution in [0.25, 0.3) is 0 Å². The van der Waals surface area contributed by atoms with E-state index in [0.29, 0.717) is 25.9 Å². The summed E-state index contributed by atoms with van der Waals surface area (Å²) in [5.74, 6) is -0.0499. The molecule has 434 valence electrons. The maximum absolute atomic E-state index is 12.5. The second-order valence-corrected chi connectivity index (χ2v) is 22.4. The van der Waals surface area contributed by atoms with E-state index in [1.807, 2.05) is 0 Å². The van der Waals surface area contributed by atoms with Crippen molar-refractivity contribution in [2.45, 2.75) is 360 Å². The van der Waals surface area contributed by atoms with Gasteiger partial charge in [-0.2, -0.15) is 0 Å².